The molecule has 0 unspecified atom stereocenters. The van der Waals surface area contributed by atoms with Gasteiger partial charge in [-0.3, -0.25) is 14.4 Å². The van der Waals surface area contributed by atoms with Crippen molar-refractivity contribution in [2.75, 3.05) is 0 Å². The molecule has 5 nitrogen and oxygen atoms in total. The highest BCUT2D eigenvalue weighted by Gasteiger charge is 2.19. The molecule has 0 bridgehead atoms. The van der Waals surface area contributed by atoms with Crippen molar-refractivity contribution in [3.63, 3.8) is 0 Å². The van der Waals surface area contributed by atoms with Crippen LogP contribution in [0, 0.1) is 0 Å². The van der Waals surface area contributed by atoms with Crippen LogP contribution in [-0.2, 0) is 19.2 Å². The second-order valence-electron chi connectivity index (χ2n) is 1.12. The lowest BCUT2D eigenvalue weighted by Crippen LogP contribution is -2.23. The molecule has 0 saturated heterocycles. The van der Waals surface area contributed by atoms with Gasteiger partial charge >= 0.3 is 11.8 Å². The molecule has 0 aromatic carbocycles. The second-order valence-corrected chi connectivity index (χ2v) is 1.12. The lowest BCUT2D eigenvalue weighted by molar-refractivity contribution is -0.153. The molecule has 0 aliphatic rings. The minimum atomic E-state index is -1.91. The van der Waals surface area contributed by atoms with E-state index in [1.54, 1.807) is 0 Å². The molecule has 0 aliphatic heterocycles. The van der Waals surface area contributed by atoms with Gasteiger partial charge in [0, 0.05) is 0 Å². The Morgan fingerprint density at radius 3 is 1.78 bits per heavy atom. The average molecular weight is 130 g/mol. The molecule has 0 fully saturated rings. The van der Waals surface area contributed by atoms with Crippen LogP contribution in [0.3, 0.4) is 0 Å². The van der Waals surface area contributed by atoms with Gasteiger partial charge in [-0.05, 0) is 0 Å². The largest absolute Gasteiger partial charge is 0.475 e. The summed E-state index contributed by atoms with van der Waals surface area (Å²) in [6.45, 7) is 0. The van der Waals surface area contributed by atoms with Gasteiger partial charge in [-0.2, -0.15) is 0 Å². The van der Waals surface area contributed by atoms with Crippen molar-refractivity contribution < 1.29 is 24.3 Å². The molecule has 5 heteroatoms. The van der Waals surface area contributed by atoms with Gasteiger partial charge < -0.3 is 5.11 Å². The molecule has 0 atom stereocenters. The van der Waals surface area contributed by atoms with Gasteiger partial charge in [-0.15, -0.1) is 0 Å². The van der Waals surface area contributed by atoms with Crippen molar-refractivity contribution in [2.24, 2.45) is 0 Å². The quantitative estimate of drug-likeness (QED) is 0.282. The summed E-state index contributed by atoms with van der Waals surface area (Å²) in [5.74, 6) is -5.15. The van der Waals surface area contributed by atoms with Crippen LogP contribution < -0.4 is 0 Å². The Hall–Kier alpha value is -1.52. The number of carboxylic acids is 1. The summed E-state index contributed by atoms with van der Waals surface area (Å²) in [7, 11) is 0. The zero-order valence-corrected chi connectivity index (χ0v) is 4.16. The van der Waals surface area contributed by atoms with Crippen molar-refractivity contribution in [1.82, 2.24) is 0 Å². The van der Waals surface area contributed by atoms with E-state index in [1.165, 1.54) is 0 Å². The first-order valence-corrected chi connectivity index (χ1v) is 1.86. The molecule has 1 N–H and O–H groups in total. The third-order valence-electron chi connectivity index (χ3n) is 0.525. The van der Waals surface area contributed by atoms with E-state index < -0.39 is 17.5 Å². The molecule has 0 amide bonds. The molecule has 0 radical (unpaired) electrons. The van der Waals surface area contributed by atoms with Crippen LogP contribution >= 0.6 is 0 Å². The fourth-order valence-electron chi connectivity index (χ4n) is 0.159. The minimum Gasteiger partial charge on any atom is -0.475 e. The molecular formula is C4H2O5. The smallest absolute Gasteiger partial charge is 0.380 e. The van der Waals surface area contributed by atoms with Crippen molar-refractivity contribution in [3.05, 3.63) is 0 Å². The maximum atomic E-state index is 9.89. The third kappa shape index (κ3) is 1.81. The lowest BCUT2D eigenvalue weighted by Gasteiger charge is -1.80. The van der Waals surface area contributed by atoms with Crippen molar-refractivity contribution in [2.45, 2.75) is 0 Å². The second kappa shape index (κ2) is 2.71. The maximum absolute atomic E-state index is 9.89. The molecule has 0 spiro atoms. The van der Waals surface area contributed by atoms with Gasteiger partial charge in [0.15, 0.2) is 6.29 Å². The molecular weight excluding hydrogens is 128 g/mol. The Bertz CT molecular complexity index is 179. The first-order valence-electron chi connectivity index (χ1n) is 1.86. The monoisotopic (exact) mass is 130 g/mol. The zero-order chi connectivity index (χ0) is 7.44. The summed E-state index contributed by atoms with van der Waals surface area (Å²) in [6.07, 6.45) is -0.337. The maximum Gasteiger partial charge on any atom is 0.380 e. The Labute approximate surface area is 49.3 Å². The third-order valence-corrected chi connectivity index (χ3v) is 0.525. The Morgan fingerprint density at radius 2 is 1.67 bits per heavy atom. The van der Waals surface area contributed by atoms with Crippen LogP contribution in [0.15, 0.2) is 0 Å². The number of ketones is 2. The highest BCUT2D eigenvalue weighted by Crippen LogP contribution is 1.71. The molecule has 0 heterocycles. The number of hydrogen-bond donors (Lipinski definition) is 1. The fourth-order valence-corrected chi connectivity index (χ4v) is 0.159. The summed E-state index contributed by atoms with van der Waals surface area (Å²) in [5, 5.41) is 7.75. The van der Waals surface area contributed by atoms with E-state index in [9.17, 15) is 19.2 Å². The Morgan fingerprint density at radius 1 is 1.22 bits per heavy atom. The number of hydrogen-bond acceptors (Lipinski definition) is 4. The van der Waals surface area contributed by atoms with Crippen LogP contribution in [-0.4, -0.2) is 28.9 Å². The van der Waals surface area contributed by atoms with Crippen LogP contribution in [0.25, 0.3) is 0 Å². The number of carbonyl (C=O) groups excluding carboxylic acids is 3. The van der Waals surface area contributed by atoms with Crippen molar-refractivity contribution in [1.29, 1.82) is 0 Å². The topological polar surface area (TPSA) is 88.5 Å². The molecule has 0 saturated carbocycles. The summed E-state index contributed by atoms with van der Waals surface area (Å²) < 4.78 is 0. The molecule has 0 rings (SSSR count). The lowest BCUT2D eigenvalue weighted by atomic mass is 10.3. The predicted octanol–water partition coefficient (Wildman–Crippen LogP) is -1.59. The number of carboxylic acid groups (broad SMARTS) is 1. The number of rotatable bonds is 3. The average Bonchev–Trinajstić information content (AvgIpc) is 1.84. The molecule has 0 aliphatic carbocycles. The summed E-state index contributed by atoms with van der Waals surface area (Å²) >= 11 is 0. The van der Waals surface area contributed by atoms with Gasteiger partial charge in [0.2, 0.25) is 0 Å². The van der Waals surface area contributed by atoms with Crippen LogP contribution in [0.5, 0.6) is 0 Å². The van der Waals surface area contributed by atoms with E-state index in [0.717, 1.165) is 0 Å². The normalized spacial score (nSPS) is 8.00. The standard InChI is InChI=1S/C4H2O5/c5-1-2(6)3(7)4(8)9/h1H,(H,8,9). The van der Waals surface area contributed by atoms with Crippen molar-refractivity contribution in [3.8, 4) is 0 Å². The summed E-state index contributed by atoms with van der Waals surface area (Å²) in [5.41, 5.74) is 0. The van der Waals surface area contributed by atoms with Gasteiger partial charge in [0.25, 0.3) is 5.78 Å². The van der Waals surface area contributed by atoms with Crippen LogP contribution in [0.1, 0.15) is 0 Å². The van der Waals surface area contributed by atoms with E-state index in [0.29, 0.717) is 0 Å². The molecule has 48 valence electrons. The first kappa shape index (κ1) is 7.48. The number of Topliss-reactive ketones (excluding diaryl/α,β-unsaturated/α-hetero) is 2. The molecule has 0 aromatic heterocycles. The van der Waals surface area contributed by atoms with Gasteiger partial charge in [-0.1, -0.05) is 0 Å². The summed E-state index contributed by atoms with van der Waals surface area (Å²) in [6, 6.07) is 0. The first-order chi connectivity index (χ1) is 4.09. The number of carbonyl (C=O) groups is 4. The van der Waals surface area contributed by atoms with Crippen molar-refractivity contribution >= 4 is 23.8 Å². The SMILES string of the molecule is O=CC(=O)C(=O)C(=O)O. The number of aliphatic carboxylic acids is 1. The highest BCUT2D eigenvalue weighted by molar-refractivity contribution is 6.73. The predicted molar refractivity (Wildman–Crippen MR) is 23.7 cm³/mol. The zero-order valence-electron chi connectivity index (χ0n) is 4.16. The number of aldehydes is 1. The molecule has 9 heavy (non-hydrogen) atoms. The van der Waals surface area contributed by atoms with Gasteiger partial charge in [0.1, 0.15) is 0 Å². The minimum absolute atomic E-state index is 0.337. The Kier molecular flexibility index (Phi) is 2.25. The van der Waals surface area contributed by atoms with Gasteiger partial charge in [-0.25, -0.2) is 4.79 Å². The van der Waals surface area contributed by atoms with E-state index in [2.05, 4.69) is 0 Å². The van der Waals surface area contributed by atoms with E-state index in [-0.39, 0.29) is 6.29 Å². The molecule has 0 aromatic rings. The van der Waals surface area contributed by atoms with E-state index in [1.807, 2.05) is 0 Å². The van der Waals surface area contributed by atoms with Crippen LogP contribution in [0.4, 0.5) is 0 Å². The van der Waals surface area contributed by atoms with E-state index in [4.69, 9.17) is 5.11 Å². The van der Waals surface area contributed by atoms with E-state index >= 15 is 0 Å². The highest BCUT2D eigenvalue weighted by atomic mass is 16.4. The van der Waals surface area contributed by atoms with Gasteiger partial charge in [0.05, 0.1) is 0 Å². The van der Waals surface area contributed by atoms with Crippen LogP contribution in [0.2, 0.25) is 0 Å². The summed E-state index contributed by atoms with van der Waals surface area (Å²) in [4.78, 5) is 38.7. The fraction of sp³-hybridized carbons (Fsp3) is 0. The Balaban J connectivity index is 4.22.